The van der Waals surface area contributed by atoms with Crippen molar-refractivity contribution in [3.8, 4) is 11.5 Å². The van der Waals surface area contributed by atoms with Crippen LogP contribution in [0.3, 0.4) is 0 Å². The molecule has 0 aliphatic rings. The standard InChI is InChI=1S/C15H20N2O3S2/c1-10-5-6-13(9-11(10)2)15-17-16-14(20-15)12(3)21-7-8-22(4,18)19/h5-6,9,12H,7-8H2,1-4H3/t12-/m1/s1. The third kappa shape index (κ3) is 4.58. The molecule has 0 fully saturated rings. The van der Waals surface area contributed by atoms with Gasteiger partial charge in [-0.05, 0) is 44.0 Å². The molecule has 2 rings (SSSR count). The van der Waals surface area contributed by atoms with Gasteiger partial charge in [0.15, 0.2) is 0 Å². The predicted octanol–water partition coefficient (Wildman–Crippen LogP) is 3.19. The van der Waals surface area contributed by atoms with E-state index in [1.807, 2.05) is 32.0 Å². The van der Waals surface area contributed by atoms with Gasteiger partial charge in [-0.25, -0.2) is 8.42 Å². The lowest BCUT2D eigenvalue weighted by Gasteiger charge is -2.05. The minimum atomic E-state index is -2.94. The Labute approximate surface area is 135 Å². The number of aryl methyl sites for hydroxylation is 2. The van der Waals surface area contributed by atoms with Gasteiger partial charge in [0, 0.05) is 17.6 Å². The Bertz CT molecular complexity index is 754. The Morgan fingerprint density at radius 2 is 1.95 bits per heavy atom. The Hall–Kier alpha value is -1.34. The van der Waals surface area contributed by atoms with Crippen molar-refractivity contribution in [2.45, 2.75) is 26.0 Å². The van der Waals surface area contributed by atoms with Gasteiger partial charge in [-0.1, -0.05) is 6.07 Å². The Kier molecular flexibility index (Phi) is 5.28. The van der Waals surface area contributed by atoms with Crippen molar-refractivity contribution in [1.29, 1.82) is 0 Å². The highest BCUT2D eigenvalue weighted by atomic mass is 32.2. The largest absolute Gasteiger partial charge is 0.420 e. The summed E-state index contributed by atoms with van der Waals surface area (Å²) in [5.41, 5.74) is 3.29. The molecule has 0 saturated heterocycles. The van der Waals surface area contributed by atoms with Crippen LogP contribution in [-0.2, 0) is 9.84 Å². The maximum Gasteiger partial charge on any atom is 0.247 e. The van der Waals surface area contributed by atoms with Gasteiger partial charge >= 0.3 is 0 Å². The van der Waals surface area contributed by atoms with Crippen LogP contribution < -0.4 is 0 Å². The van der Waals surface area contributed by atoms with Crippen LogP contribution in [0.1, 0.15) is 29.2 Å². The van der Waals surface area contributed by atoms with Gasteiger partial charge in [-0.15, -0.1) is 22.0 Å². The fourth-order valence-electron chi connectivity index (χ4n) is 1.84. The molecule has 1 atom stereocenters. The number of benzene rings is 1. The number of thioether (sulfide) groups is 1. The van der Waals surface area contributed by atoms with Crippen LogP contribution in [0.25, 0.3) is 11.5 Å². The van der Waals surface area contributed by atoms with Crippen LogP contribution in [0, 0.1) is 13.8 Å². The molecular weight excluding hydrogens is 320 g/mol. The molecule has 120 valence electrons. The van der Waals surface area contributed by atoms with Crippen molar-refractivity contribution in [1.82, 2.24) is 10.2 Å². The Balaban J connectivity index is 2.05. The van der Waals surface area contributed by atoms with Gasteiger partial charge in [-0.3, -0.25) is 0 Å². The maximum atomic E-state index is 11.1. The van der Waals surface area contributed by atoms with Gasteiger partial charge in [0.05, 0.1) is 11.0 Å². The number of aromatic nitrogens is 2. The van der Waals surface area contributed by atoms with Crippen molar-refractivity contribution < 1.29 is 12.8 Å². The van der Waals surface area contributed by atoms with Crippen molar-refractivity contribution in [3.63, 3.8) is 0 Å². The number of nitrogens with zero attached hydrogens (tertiary/aromatic N) is 2. The van der Waals surface area contributed by atoms with E-state index < -0.39 is 9.84 Å². The van der Waals surface area contributed by atoms with Crippen LogP contribution in [0.2, 0.25) is 0 Å². The normalized spacial score (nSPS) is 13.3. The van der Waals surface area contributed by atoms with E-state index in [-0.39, 0.29) is 11.0 Å². The number of rotatable bonds is 6. The lowest BCUT2D eigenvalue weighted by atomic mass is 10.1. The van der Waals surface area contributed by atoms with E-state index in [4.69, 9.17) is 4.42 Å². The van der Waals surface area contributed by atoms with E-state index in [2.05, 4.69) is 17.1 Å². The molecule has 1 heterocycles. The van der Waals surface area contributed by atoms with Crippen LogP contribution >= 0.6 is 11.8 Å². The molecule has 0 aliphatic carbocycles. The van der Waals surface area contributed by atoms with E-state index >= 15 is 0 Å². The molecule has 0 aliphatic heterocycles. The van der Waals surface area contributed by atoms with Gasteiger partial charge in [0.25, 0.3) is 0 Å². The van der Waals surface area contributed by atoms with Gasteiger partial charge in [-0.2, -0.15) is 0 Å². The summed E-state index contributed by atoms with van der Waals surface area (Å²) in [6.45, 7) is 6.03. The van der Waals surface area contributed by atoms with E-state index in [0.29, 0.717) is 17.5 Å². The summed E-state index contributed by atoms with van der Waals surface area (Å²) in [6, 6.07) is 6.01. The number of sulfone groups is 1. The molecule has 0 radical (unpaired) electrons. The highest BCUT2D eigenvalue weighted by molar-refractivity contribution is 8.00. The molecule has 0 bridgehead atoms. The first-order valence-electron chi connectivity index (χ1n) is 6.96. The minimum absolute atomic E-state index is 0.0328. The van der Waals surface area contributed by atoms with Gasteiger partial charge < -0.3 is 4.42 Å². The van der Waals surface area contributed by atoms with E-state index in [1.54, 1.807) is 0 Å². The topological polar surface area (TPSA) is 73.1 Å². The second kappa shape index (κ2) is 6.83. The Morgan fingerprint density at radius 1 is 1.23 bits per heavy atom. The zero-order valence-corrected chi connectivity index (χ0v) is 14.8. The molecule has 1 aromatic carbocycles. The highest BCUT2D eigenvalue weighted by Gasteiger charge is 2.16. The van der Waals surface area contributed by atoms with Gasteiger partial charge in [0.1, 0.15) is 9.84 Å². The summed E-state index contributed by atoms with van der Waals surface area (Å²) in [5, 5.41) is 8.13. The molecule has 0 spiro atoms. The monoisotopic (exact) mass is 340 g/mol. The second-order valence-corrected chi connectivity index (χ2v) is 9.10. The average Bonchev–Trinajstić information content (AvgIpc) is 2.90. The molecular formula is C15H20N2O3S2. The number of hydrogen-bond acceptors (Lipinski definition) is 6. The van der Waals surface area contributed by atoms with Crippen molar-refractivity contribution >= 4 is 21.6 Å². The van der Waals surface area contributed by atoms with Crippen molar-refractivity contribution in [2.24, 2.45) is 0 Å². The van der Waals surface area contributed by atoms with Crippen LogP contribution in [0.4, 0.5) is 0 Å². The third-order valence-electron chi connectivity index (χ3n) is 3.36. The lowest BCUT2D eigenvalue weighted by molar-refractivity contribution is 0.509. The van der Waals surface area contributed by atoms with E-state index in [9.17, 15) is 8.42 Å². The molecule has 0 saturated carbocycles. The fraction of sp³-hybridized carbons (Fsp3) is 0.467. The lowest BCUT2D eigenvalue weighted by Crippen LogP contribution is -2.06. The molecule has 2 aromatic rings. The van der Waals surface area contributed by atoms with Crippen molar-refractivity contribution in [3.05, 3.63) is 35.2 Å². The molecule has 1 aromatic heterocycles. The first kappa shape index (κ1) is 17.0. The van der Waals surface area contributed by atoms with Crippen LogP contribution in [-0.4, -0.2) is 36.4 Å². The van der Waals surface area contributed by atoms with E-state index in [1.165, 1.54) is 29.1 Å². The van der Waals surface area contributed by atoms with Gasteiger partial charge in [0.2, 0.25) is 11.8 Å². The molecule has 0 amide bonds. The van der Waals surface area contributed by atoms with Crippen LogP contribution in [0.15, 0.2) is 22.6 Å². The highest BCUT2D eigenvalue weighted by Crippen LogP contribution is 2.29. The smallest absolute Gasteiger partial charge is 0.247 e. The summed E-state index contributed by atoms with van der Waals surface area (Å²) >= 11 is 1.50. The predicted molar refractivity (Wildman–Crippen MR) is 89.8 cm³/mol. The average molecular weight is 340 g/mol. The SMILES string of the molecule is Cc1ccc(-c2nnc([C@@H](C)SCCS(C)(=O)=O)o2)cc1C. The first-order valence-corrected chi connectivity index (χ1v) is 10.1. The maximum absolute atomic E-state index is 11.1. The third-order valence-corrected chi connectivity index (χ3v) is 5.71. The zero-order chi connectivity index (χ0) is 16.3. The fourth-order valence-corrected chi connectivity index (χ4v) is 4.02. The summed E-state index contributed by atoms with van der Waals surface area (Å²) in [6.07, 6.45) is 1.24. The quantitative estimate of drug-likeness (QED) is 0.804. The minimum Gasteiger partial charge on any atom is -0.420 e. The molecule has 22 heavy (non-hydrogen) atoms. The summed E-state index contributed by atoms with van der Waals surface area (Å²) in [4.78, 5) is 0. The van der Waals surface area contributed by atoms with E-state index in [0.717, 1.165) is 5.56 Å². The van der Waals surface area contributed by atoms with Crippen LogP contribution in [0.5, 0.6) is 0 Å². The first-order chi connectivity index (χ1) is 10.3. The molecule has 7 heteroatoms. The number of hydrogen-bond donors (Lipinski definition) is 0. The summed E-state index contributed by atoms with van der Waals surface area (Å²) < 4.78 is 28.0. The zero-order valence-electron chi connectivity index (χ0n) is 13.2. The summed E-state index contributed by atoms with van der Waals surface area (Å²) in [5.74, 6) is 1.68. The summed E-state index contributed by atoms with van der Waals surface area (Å²) in [7, 11) is -2.94. The molecule has 0 N–H and O–H groups in total. The Morgan fingerprint density at radius 3 is 2.59 bits per heavy atom. The molecule has 0 unspecified atom stereocenters. The van der Waals surface area contributed by atoms with Crippen molar-refractivity contribution in [2.75, 3.05) is 17.8 Å². The second-order valence-electron chi connectivity index (χ2n) is 5.39. The molecule has 5 nitrogen and oxygen atoms in total.